The molecule has 0 N–H and O–H groups in total. The summed E-state index contributed by atoms with van der Waals surface area (Å²) >= 11 is 2.57. The first-order chi connectivity index (χ1) is 19.8. The third kappa shape index (κ3) is 5.91. The summed E-state index contributed by atoms with van der Waals surface area (Å²) < 4.78 is 19.1. The van der Waals surface area contributed by atoms with E-state index in [0.717, 1.165) is 17.8 Å². The molecule has 0 bridgehead atoms. The molecule has 41 heavy (non-hydrogen) atoms. The Kier molecular flexibility index (Phi) is 8.55. The molecule has 0 radical (unpaired) electrons. The minimum absolute atomic E-state index is 0.205. The van der Waals surface area contributed by atoms with Gasteiger partial charge in [0.25, 0.3) is 5.56 Å². The van der Waals surface area contributed by atoms with Crippen LogP contribution in [-0.4, -0.2) is 34.2 Å². The molecule has 1 atom stereocenters. The lowest BCUT2D eigenvalue weighted by molar-refractivity contribution is -0.139. The summed E-state index contributed by atoms with van der Waals surface area (Å²) in [6.45, 7) is 7.83. The molecule has 9 nitrogen and oxygen atoms in total. The van der Waals surface area contributed by atoms with Crippen LogP contribution in [0.4, 0.5) is 0 Å². The molecule has 0 fully saturated rings. The van der Waals surface area contributed by atoms with Gasteiger partial charge in [-0.25, -0.2) is 19.8 Å². The Hall–Kier alpha value is -3.96. The summed E-state index contributed by atoms with van der Waals surface area (Å²) in [5, 5.41) is 1.20. The Bertz CT molecular complexity index is 1800. The summed E-state index contributed by atoms with van der Waals surface area (Å²) in [5.74, 6) is 0.577. The zero-order valence-corrected chi connectivity index (χ0v) is 25.1. The molecule has 5 rings (SSSR count). The van der Waals surface area contributed by atoms with Gasteiger partial charge in [0.2, 0.25) is 0 Å². The van der Waals surface area contributed by atoms with Gasteiger partial charge in [-0.2, -0.15) is 0 Å². The molecule has 0 saturated carbocycles. The summed E-state index contributed by atoms with van der Waals surface area (Å²) in [7, 11) is 1.57. The second-order valence-electron chi connectivity index (χ2n) is 9.35. The first kappa shape index (κ1) is 28.6. The van der Waals surface area contributed by atoms with Crippen LogP contribution in [0.25, 0.3) is 6.08 Å². The third-order valence-corrected chi connectivity index (χ3v) is 8.12. The van der Waals surface area contributed by atoms with Crippen LogP contribution in [-0.2, 0) is 9.53 Å². The largest absolute Gasteiger partial charge is 0.496 e. The predicted octanol–water partition coefficient (Wildman–Crippen LogP) is 4.74. The van der Waals surface area contributed by atoms with Crippen molar-refractivity contribution in [1.29, 1.82) is 0 Å². The van der Waals surface area contributed by atoms with E-state index in [0.29, 0.717) is 54.3 Å². The van der Waals surface area contributed by atoms with Crippen molar-refractivity contribution in [2.45, 2.75) is 56.8 Å². The number of hydrogen-bond donors (Lipinski definition) is 0. The quantitative estimate of drug-likeness (QED) is 0.203. The smallest absolute Gasteiger partial charge is 0.338 e. The molecule has 0 spiro atoms. The first-order valence-corrected chi connectivity index (χ1v) is 14.9. The van der Waals surface area contributed by atoms with Crippen molar-refractivity contribution in [3.8, 4) is 5.75 Å². The highest BCUT2D eigenvalue weighted by molar-refractivity contribution is 7.99. The van der Waals surface area contributed by atoms with Crippen LogP contribution in [0, 0.1) is 13.8 Å². The number of para-hydroxylation sites is 1. The number of allylic oxidation sites excluding steroid dienone is 1. The fourth-order valence-electron chi connectivity index (χ4n) is 4.73. The van der Waals surface area contributed by atoms with Gasteiger partial charge < -0.3 is 13.9 Å². The number of aromatic nitrogens is 3. The molecule has 3 aromatic heterocycles. The zero-order valence-electron chi connectivity index (χ0n) is 23.5. The molecule has 1 aliphatic heterocycles. The van der Waals surface area contributed by atoms with Gasteiger partial charge >= 0.3 is 5.97 Å². The topological polar surface area (TPSA) is 109 Å². The van der Waals surface area contributed by atoms with Crippen LogP contribution in [0.15, 0.2) is 78.2 Å². The maximum Gasteiger partial charge on any atom is 0.338 e. The highest BCUT2D eigenvalue weighted by atomic mass is 32.2. The van der Waals surface area contributed by atoms with E-state index < -0.39 is 12.0 Å². The Morgan fingerprint density at radius 2 is 1.90 bits per heavy atom. The minimum Gasteiger partial charge on any atom is -0.496 e. The molecule has 0 amide bonds. The molecule has 4 heterocycles. The number of furan rings is 1. The number of thiazole rings is 1. The highest BCUT2D eigenvalue weighted by Gasteiger charge is 2.35. The monoisotopic (exact) mass is 590 g/mol. The van der Waals surface area contributed by atoms with Gasteiger partial charge in [0.05, 0.1) is 29.5 Å². The van der Waals surface area contributed by atoms with Crippen LogP contribution in [0.2, 0.25) is 0 Å². The van der Waals surface area contributed by atoms with Gasteiger partial charge in [0.15, 0.2) is 15.1 Å². The van der Waals surface area contributed by atoms with E-state index in [1.807, 2.05) is 57.2 Å². The normalized spacial score (nSPS) is 15.0. The number of nitrogens with zero attached hydrogens (tertiary/aromatic N) is 4. The number of hydrogen-bond acceptors (Lipinski definition) is 10. The van der Waals surface area contributed by atoms with Crippen molar-refractivity contribution in [2.75, 3.05) is 13.7 Å². The van der Waals surface area contributed by atoms with Crippen molar-refractivity contribution in [2.24, 2.45) is 4.99 Å². The number of carbonyl (C=O) groups excluding carboxylic acids is 1. The lowest BCUT2D eigenvalue weighted by Gasteiger charge is -2.26. The van der Waals surface area contributed by atoms with Crippen LogP contribution < -0.4 is 19.6 Å². The Balaban J connectivity index is 1.63. The zero-order chi connectivity index (χ0) is 29.1. The van der Waals surface area contributed by atoms with Gasteiger partial charge in [-0.3, -0.25) is 9.36 Å². The Morgan fingerprint density at radius 1 is 1.15 bits per heavy atom. The number of ether oxygens (including phenoxy) is 2. The molecule has 0 saturated heterocycles. The van der Waals surface area contributed by atoms with Crippen molar-refractivity contribution < 1.29 is 18.7 Å². The first-order valence-electron chi connectivity index (χ1n) is 13.3. The standard InChI is InChI=1S/C30H30N4O5S2/c1-6-10-21-25(28(36)38-7-2)26(20-11-8-9-12-22(20)37-5)34-27(35)23(40-30(34)33-21)16-19-13-14-24(39-19)41-29-31-17(3)15-18(4)32-29/h8-9,11-16,26H,6-7,10H2,1-5H3/b23-16+/t26-/m0/s1. The van der Waals surface area contributed by atoms with E-state index in [1.165, 1.54) is 23.1 Å². The van der Waals surface area contributed by atoms with Crippen molar-refractivity contribution in [3.05, 3.63) is 96.1 Å². The van der Waals surface area contributed by atoms with Crippen LogP contribution >= 0.6 is 23.1 Å². The average Bonchev–Trinajstić information content (AvgIpc) is 3.50. The molecule has 1 aliphatic rings. The number of rotatable bonds is 9. The van der Waals surface area contributed by atoms with E-state index in [2.05, 4.69) is 9.97 Å². The van der Waals surface area contributed by atoms with Crippen LogP contribution in [0.1, 0.15) is 55.4 Å². The molecular weight excluding hydrogens is 560 g/mol. The van der Waals surface area contributed by atoms with Gasteiger partial charge in [0, 0.05) is 23.0 Å². The van der Waals surface area contributed by atoms with Crippen molar-refractivity contribution in [3.63, 3.8) is 0 Å². The number of esters is 1. The minimum atomic E-state index is -0.755. The molecule has 0 unspecified atom stereocenters. The van der Waals surface area contributed by atoms with Crippen LogP contribution in [0.3, 0.4) is 0 Å². The average molecular weight is 591 g/mol. The van der Waals surface area contributed by atoms with E-state index in [4.69, 9.17) is 18.9 Å². The van der Waals surface area contributed by atoms with Crippen molar-refractivity contribution in [1.82, 2.24) is 14.5 Å². The Morgan fingerprint density at radius 3 is 2.61 bits per heavy atom. The number of benzene rings is 1. The van der Waals surface area contributed by atoms with Crippen molar-refractivity contribution >= 4 is 35.1 Å². The number of carbonyl (C=O) groups is 1. The highest BCUT2D eigenvalue weighted by Crippen LogP contribution is 2.37. The molecule has 0 aliphatic carbocycles. The third-order valence-electron chi connectivity index (χ3n) is 6.35. The molecule has 212 valence electrons. The molecule has 11 heteroatoms. The summed E-state index contributed by atoms with van der Waals surface area (Å²) in [5.41, 5.74) is 3.11. The Labute approximate surface area is 245 Å². The van der Waals surface area contributed by atoms with E-state index in [-0.39, 0.29) is 12.2 Å². The van der Waals surface area contributed by atoms with Gasteiger partial charge in [-0.05, 0) is 63.2 Å². The number of aryl methyl sites for hydroxylation is 2. The van der Waals surface area contributed by atoms with E-state index >= 15 is 0 Å². The van der Waals surface area contributed by atoms with Gasteiger partial charge in [-0.1, -0.05) is 42.9 Å². The second-order valence-corrected chi connectivity index (χ2v) is 11.3. The maximum atomic E-state index is 14.0. The lowest BCUT2D eigenvalue weighted by Crippen LogP contribution is -2.40. The van der Waals surface area contributed by atoms with Crippen LogP contribution in [0.5, 0.6) is 5.75 Å². The fourth-order valence-corrected chi connectivity index (χ4v) is 6.57. The summed E-state index contributed by atoms with van der Waals surface area (Å²) in [4.78, 5) is 41.5. The van der Waals surface area contributed by atoms with E-state index in [9.17, 15) is 9.59 Å². The number of methoxy groups -OCH3 is 1. The molecule has 4 aromatic rings. The van der Waals surface area contributed by atoms with Gasteiger partial charge in [-0.15, -0.1) is 0 Å². The summed E-state index contributed by atoms with van der Waals surface area (Å²) in [6.07, 6.45) is 3.03. The summed E-state index contributed by atoms with van der Waals surface area (Å²) in [6, 6.07) is 12.2. The fraction of sp³-hybridized carbons (Fsp3) is 0.300. The lowest BCUT2D eigenvalue weighted by atomic mass is 9.93. The van der Waals surface area contributed by atoms with Gasteiger partial charge in [0.1, 0.15) is 17.6 Å². The maximum absolute atomic E-state index is 14.0. The molecular formula is C30H30N4O5S2. The van der Waals surface area contributed by atoms with E-state index in [1.54, 1.807) is 30.7 Å². The SMILES string of the molecule is CCCC1=C(C(=O)OCC)[C@H](c2ccccc2OC)n2c(s/c(=C/c3ccc(Sc4nc(C)cc(C)n4)o3)c2=O)=N1. The second kappa shape index (κ2) is 12.3. The predicted molar refractivity (Wildman–Crippen MR) is 157 cm³/mol. The number of fused-ring (bicyclic) bond motifs is 1. The molecule has 1 aromatic carbocycles.